The molecule has 0 spiro atoms. The van der Waals surface area contributed by atoms with Crippen LogP contribution in [0.15, 0.2) is 35.5 Å². The summed E-state index contributed by atoms with van der Waals surface area (Å²) in [5.41, 5.74) is -4.11. The highest BCUT2D eigenvalue weighted by Crippen LogP contribution is 2.37. The lowest BCUT2D eigenvalue weighted by atomic mass is 10.3. The normalized spacial score (nSPS) is 12.9. The van der Waals surface area contributed by atoms with Crippen LogP contribution >= 0.6 is 11.8 Å². The third-order valence-corrected chi connectivity index (χ3v) is 3.94. The molecule has 0 saturated carbocycles. The van der Waals surface area contributed by atoms with Crippen molar-refractivity contribution in [2.45, 2.75) is 43.3 Å². The van der Waals surface area contributed by atoms with E-state index >= 15 is 0 Å². The summed E-state index contributed by atoms with van der Waals surface area (Å²) in [5, 5.41) is 13.0. The molecule has 0 aliphatic rings. The van der Waals surface area contributed by atoms with Crippen molar-refractivity contribution in [2.75, 3.05) is 5.32 Å². The number of carbonyl (C=O) groups is 1. The Bertz CT molecular complexity index is 732. The van der Waals surface area contributed by atoms with Gasteiger partial charge in [0.05, 0.1) is 6.04 Å². The van der Waals surface area contributed by atoms with Crippen LogP contribution < -0.4 is 10.6 Å². The number of aromatic nitrogens is 3. The number of nitrogens with one attached hydrogen (secondary N) is 2. The summed E-state index contributed by atoms with van der Waals surface area (Å²) >= 11 is -0.234. The molecule has 2 amide bonds. The number of rotatable bonds is 5. The minimum atomic E-state index is -4.38. The highest BCUT2D eigenvalue weighted by Gasteiger charge is 2.29. The zero-order valence-corrected chi connectivity index (χ0v) is 14.6. The monoisotopic (exact) mass is 373 g/mol. The van der Waals surface area contributed by atoms with E-state index in [1.807, 2.05) is 18.4 Å². The van der Waals surface area contributed by atoms with Crippen molar-refractivity contribution in [3.8, 4) is 0 Å². The van der Waals surface area contributed by atoms with Crippen LogP contribution in [0.2, 0.25) is 0 Å². The molecule has 1 atom stereocenters. The molecular formula is C15H18F3N5OS. The van der Waals surface area contributed by atoms with Gasteiger partial charge in [-0.25, -0.2) is 4.79 Å². The molecule has 1 aromatic heterocycles. The van der Waals surface area contributed by atoms with Crippen LogP contribution in [0.5, 0.6) is 0 Å². The summed E-state index contributed by atoms with van der Waals surface area (Å²) in [6.45, 7) is 5.67. The number of amides is 2. The zero-order chi connectivity index (χ0) is 18.6. The first-order valence-electron chi connectivity index (χ1n) is 7.48. The largest absolute Gasteiger partial charge is 0.446 e. The average molecular weight is 373 g/mol. The molecule has 0 unspecified atom stereocenters. The van der Waals surface area contributed by atoms with Gasteiger partial charge in [0, 0.05) is 16.6 Å². The van der Waals surface area contributed by atoms with Gasteiger partial charge in [-0.15, -0.1) is 10.2 Å². The van der Waals surface area contributed by atoms with Crippen molar-refractivity contribution >= 4 is 23.5 Å². The van der Waals surface area contributed by atoms with E-state index in [1.165, 1.54) is 24.3 Å². The van der Waals surface area contributed by atoms with Crippen molar-refractivity contribution in [3.05, 3.63) is 36.4 Å². The van der Waals surface area contributed by atoms with Gasteiger partial charge in [0.15, 0.2) is 5.82 Å². The number of alkyl halides is 3. The maximum Gasteiger partial charge on any atom is 0.446 e. The molecule has 0 aliphatic carbocycles. The van der Waals surface area contributed by atoms with Gasteiger partial charge in [-0.1, -0.05) is 6.07 Å². The predicted octanol–water partition coefficient (Wildman–Crippen LogP) is 4.35. The number of urea groups is 1. The molecule has 0 fully saturated rings. The Morgan fingerprint density at radius 1 is 1.28 bits per heavy atom. The first-order valence-corrected chi connectivity index (χ1v) is 8.30. The van der Waals surface area contributed by atoms with Gasteiger partial charge in [0.2, 0.25) is 0 Å². The minimum Gasteiger partial charge on any atom is -0.328 e. The molecule has 2 rings (SSSR count). The second-order valence-corrected chi connectivity index (χ2v) is 6.72. The van der Waals surface area contributed by atoms with Crippen molar-refractivity contribution in [2.24, 2.45) is 0 Å². The number of hydrogen-bond acceptors (Lipinski definition) is 4. The molecule has 25 heavy (non-hydrogen) atoms. The SMILES string of the molecule is CC(C)n1cnnc1[C@H](C)NC(=O)Nc1cccc(SC(F)(F)F)c1. The average Bonchev–Trinajstić information content (AvgIpc) is 2.95. The van der Waals surface area contributed by atoms with Crippen molar-refractivity contribution in [1.82, 2.24) is 20.1 Å². The summed E-state index contributed by atoms with van der Waals surface area (Å²) in [6, 6.07) is 4.73. The maximum absolute atomic E-state index is 12.4. The lowest BCUT2D eigenvalue weighted by Gasteiger charge is -2.17. The van der Waals surface area contributed by atoms with Crippen LogP contribution in [0.4, 0.5) is 23.7 Å². The van der Waals surface area contributed by atoms with E-state index in [0.29, 0.717) is 5.82 Å². The first kappa shape index (κ1) is 19.1. The number of hydrogen-bond donors (Lipinski definition) is 2. The molecule has 0 bridgehead atoms. The number of anilines is 1. The second kappa shape index (κ2) is 7.77. The van der Waals surface area contributed by atoms with Gasteiger partial charge in [-0.3, -0.25) is 0 Å². The van der Waals surface area contributed by atoms with E-state index < -0.39 is 17.6 Å². The zero-order valence-electron chi connectivity index (χ0n) is 13.8. The van der Waals surface area contributed by atoms with Crippen LogP contribution in [-0.4, -0.2) is 26.3 Å². The number of halogens is 3. The van der Waals surface area contributed by atoms with Crippen LogP contribution in [0.3, 0.4) is 0 Å². The summed E-state index contributed by atoms with van der Waals surface area (Å²) in [6.07, 6.45) is 1.58. The number of carbonyl (C=O) groups excluding carboxylic acids is 1. The van der Waals surface area contributed by atoms with Crippen LogP contribution in [0.25, 0.3) is 0 Å². The maximum atomic E-state index is 12.4. The summed E-state index contributed by atoms with van der Waals surface area (Å²) in [7, 11) is 0. The molecule has 1 heterocycles. The molecule has 0 aliphatic heterocycles. The Morgan fingerprint density at radius 2 is 2.00 bits per heavy atom. The van der Waals surface area contributed by atoms with Gasteiger partial charge in [-0.2, -0.15) is 13.2 Å². The van der Waals surface area contributed by atoms with Gasteiger partial charge in [-0.05, 0) is 50.7 Å². The van der Waals surface area contributed by atoms with Gasteiger partial charge >= 0.3 is 11.5 Å². The van der Waals surface area contributed by atoms with Crippen molar-refractivity contribution < 1.29 is 18.0 Å². The molecule has 2 N–H and O–H groups in total. The Balaban J connectivity index is 2.00. The first-order chi connectivity index (χ1) is 11.7. The van der Waals surface area contributed by atoms with E-state index in [0.717, 1.165) is 0 Å². The second-order valence-electron chi connectivity index (χ2n) is 5.59. The molecule has 1 aromatic carbocycles. The Labute approximate surface area is 147 Å². The highest BCUT2D eigenvalue weighted by atomic mass is 32.2. The fourth-order valence-electron chi connectivity index (χ4n) is 2.16. The van der Waals surface area contributed by atoms with Gasteiger partial charge in [0.1, 0.15) is 6.33 Å². The number of thioether (sulfide) groups is 1. The van der Waals surface area contributed by atoms with E-state index in [4.69, 9.17) is 0 Å². The third-order valence-electron chi connectivity index (χ3n) is 3.22. The molecular weight excluding hydrogens is 355 g/mol. The van der Waals surface area contributed by atoms with Crippen LogP contribution in [0.1, 0.15) is 38.7 Å². The molecule has 6 nitrogen and oxygen atoms in total. The molecule has 10 heteroatoms. The lowest BCUT2D eigenvalue weighted by molar-refractivity contribution is -0.0328. The molecule has 2 aromatic rings. The predicted molar refractivity (Wildman–Crippen MR) is 89.3 cm³/mol. The van der Waals surface area contributed by atoms with Crippen molar-refractivity contribution in [1.29, 1.82) is 0 Å². The Kier molecular flexibility index (Phi) is 5.93. The smallest absolute Gasteiger partial charge is 0.328 e. The van der Waals surface area contributed by atoms with E-state index in [9.17, 15) is 18.0 Å². The number of benzene rings is 1. The van der Waals surface area contributed by atoms with Crippen molar-refractivity contribution in [3.63, 3.8) is 0 Å². The number of nitrogens with zero attached hydrogens (tertiary/aromatic N) is 3. The van der Waals surface area contributed by atoms with Gasteiger partial charge < -0.3 is 15.2 Å². The van der Waals surface area contributed by atoms with Crippen LogP contribution in [-0.2, 0) is 0 Å². The topological polar surface area (TPSA) is 71.8 Å². The standard InChI is InChI=1S/C15H18F3N5OS/c1-9(2)23-8-19-22-13(23)10(3)20-14(24)21-11-5-4-6-12(7-11)25-15(16,17)18/h4-10H,1-3H3,(H2,20,21,24)/t10-/m0/s1. The quantitative estimate of drug-likeness (QED) is 0.764. The summed E-state index contributed by atoms with van der Waals surface area (Å²) in [4.78, 5) is 12.1. The van der Waals surface area contributed by atoms with Crippen LogP contribution in [0, 0.1) is 0 Å². The van der Waals surface area contributed by atoms with Gasteiger partial charge in [0.25, 0.3) is 0 Å². The minimum absolute atomic E-state index is 0.00195. The lowest BCUT2D eigenvalue weighted by Crippen LogP contribution is -2.32. The summed E-state index contributed by atoms with van der Waals surface area (Å²) in [5.74, 6) is 0.589. The molecule has 0 radical (unpaired) electrons. The summed E-state index contributed by atoms with van der Waals surface area (Å²) < 4.78 is 39.1. The Morgan fingerprint density at radius 3 is 2.64 bits per heavy atom. The Hall–Kier alpha value is -2.23. The van der Waals surface area contributed by atoms with E-state index in [-0.39, 0.29) is 28.4 Å². The van der Waals surface area contributed by atoms with E-state index in [2.05, 4.69) is 20.8 Å². The molecule has 136 valence electrons. The highest BCUT2D eigenvalue weighted by molar-refractivity contribution is 8.00. The molecule has 0 saturated heterocycles. The fraction of sp³-hybridized carbons (Fsp3) is 0.400. The van der Waals surface area contributed by atoms with E-state index in [1.54, 1.807) is 13.3 Å². The third kappa shape index (κ3) is 5.66. The fourth-order valence-corrected chi connectivity index (χ4v) is 2.76.